The summed E-state index contributed by atoms with van der Waals surface area (Å²) in [5.74, 6) is -0.00506. The van der Waals surface area contributed by atoms with Gasteiger partial charge >= 0.3 is 0 Å². The third-order valence-electron chi connectivity index (χ3n) is 3.74. The molecule has 0 bridgehead atoms. The number of halogens is 1. The van der Waals surface area contributed by atoms with E-state index >= 15 is 0 Å². The van der Waals surface area contributed by atoms with Crippen molar-refractivity contribution in [2.45, 2.75) is 6.54 Å². The van der Waals surface area contributed by atoms with Crippen LogP contribution in [0.15, 0.2) is 64.4 Å². The minimum absolute atomic E-state index is 0.00711. The lowest BCUT2D eigenvalue weighted by Gasteiger charge is -2.06. The average molecular weight is 429 g/mol. The second-order valence-electron chi connectivity index (χ2n) is 5.66. The molecule has 0 saturated carbocycles. The number of rotatable bonds is 6. The Hall–Kier alpha value is -3.13. The predicted octanol–water partition coefficient (Wildman–Crippen LogP) is 3.17. The van der Waals surface area contributed by atoms with Gasteiger partial charge in [-0.1, -0.05) is 12.1 Å². The lowest BCUT2D eigenvalue weighted by Crippen LogP contribution is -2.18. The highest BCUT2D eigenvalue weighted by molar-refractivity contribution is 9.10. The monoisotopic (exact) mass is 428 g/mol. The molecule has 8 heteroatoms. The number of carbonyl (C=O) groups is 1. The zero-order valence-electron chi connectivity index (χ0n) is 14.5. The standard InChI is InChI=1S/C19H17BrN4O3/c1-27-17-10-14(9-16(20)18(17)25)11-21-23-19(26)15-5-2-4-13(8-15)12-24-7-3-6-22-24/h2-11,25H,12H2,1H3,(H,23,26). The third kappa shape index (κ3) is 4.73. The largest absolute Gasteiger partial charge is 0.503 e. The van der Waals surface area contributed by atoms with Gasteiger partial charge in [-0.3, -0.25) is 9.48 Å². The van der Waals surface area contributed by atoms with Gasteiger partial charge in [-0.15, -0.1) is 0 Å². The maximum atomic E-state index is 12.3. The first-order valence-corrected chi connectivity index (χ1v) is 8.82. The Bertz CT molecular complexity index is 971. The second-order valence-corrected chi connectivity index (χ2v) is 6.51. The number of aromatic nitrogens is 2. The summed E-state index contributed by atoms with van der Waals surface area (Å²) in [4.78, 5) is 12.3. The quantitative estimate of drug-likeness (QED) is 0.466. The molecule has 1 aromatic heterocycles. The lowest BCUT2D eigenvalue weighted by molar-refractivity contribution is 0.0955. The molecule has 0 aliphatic rings. The number of ether oxygens (including phenoxy) is 1. The molecule has 2 aromatic carbocycles. The Kier molecular flexibility index (Phi) is 5.87. The van der Waals surface area contributed by atoms with Crippen molar-refractivity contribution in [1.29, 1.82) is 0 Å². The molecule has 3 aromatic rings. The van der Waals surface area contributed by atoms with E-state index in [4.69, 9.17) is 4.74 Å². The molecule has 0 unspecified atom stereocenters. The van der Waals surface area contributed by atoms with Crippen molar-refractivity contribution < 1.29 is 14.6 Å². The maximum absolute atomic E-state index is 12.3. The van der Waals surface area contributed by atoms with Gasteiger partial charge in [0.25, 0.3) is 5.91 Å². The number of methoxy groups -OCH3 is 1. The Morgan fingerprint density at radius 3 is 2.96 bits per heavy atom. The van der Waals surface area contributed by atoms with Crippen molar-refractivity contribution in [2.75, 3.05) is 7.11 Å². The van der Waals surface area contributed by atoms with Crippen LogP contribution in [-0.4, -0.2) is 34.1 Å². The molecule has 2 N–H and O–H groups in total. The fourth-order valence-electron chi connectivity index (χ4n) is 2.45. The number of aromatic hydroxyl groups is 1. The molecule has 0 atom stereocenters. The Morgan fingerprint density at radius 2 is 2.22 bits per heavy atom. The van der Waals surface area contributed by atoms with Crippen LogP contribution in [0.1, 0.15) is 21.5 Å². The number of phenolic OH excluding ortho intramolecular Hbond substituents is 1. The summed E-state index contributed by atoms with van der Waals surface area (Å²) in [6.45, 7) is 0.582. The molecule has 1 amide bonds. The summed E-state index contributed by atoms with van der Waals surface area (Å²) in [5.41, 5.74) is 4.61. The van der Waals surface area contributed by atoms with Crippen molar-refractivity contribution in [3.05, 3.63) is 76.0 Å². The summed E-state index contributed by atoms with van der Waals surface area (Å²) in [7, 11) is 1.46. The number of nitrogens with zero attached hydrogens (tertiary/aromatic N) is 3. The van der Waals surface area contributed by atoms with E-state index in [0.29, 0.717) is 27.9 Å². The van der Waals surface area contributed by atoms with Crippen LogP contribution < -0.4 is 10.2 Å². The van der Waals surface area contributed by atoms with Gasteiger partial charge < -0.3 is 9.84 Å². The highest BCUT2D eigenvalue weighted by Crippen LogP contribution is 2.34. The first-order chi connectivity index (χ1) is 13.1. The molecule has 7 nitrogen and oxygen atoms in total. The number of carbonyl (C=O) groups excluding carboxylic acids is 1. The van der Waals surface area contributed by atoms with Gasteiger partial charge in [0.2, 0.25) is 0 Å². The van der Waals surface area contributed by atoms with Crippen LogP contribution in [0.5, 0.6) is 11.5 Å². The van der Waals surface area contributed by atoms with Crippen molar-refractivity contribution in [3.63, 3.8) is 0 Å². The van der Waals surface area contributed by atoms with E-state index in [0.717, 1.165) is 5.56 Å². The number of phenols is 1. The van der Waals surface area contributed by atoms with Crippen LogP contribution in [0, 0.1) is 0 Å². The predicted molar refractivity (Wildman–Crippen MR) is 105 cm³/mol. The van der Waals surface area contributed by atoms with E-state index < -0.39 is 0 Å². The average Bonchev–Trinajstić information content (AvgIpc) is 3.17. The molecule has 138 valence electrons. The highest BCUT2D eigenvalue weighted by atomic mass is 79.9. The van der Waals surface area contributed by atoms with E-state index in [-0.39, 0.29) is 11.7 Å². The van der Waals surface area contributed by atoms with Gasteiger partial charge in [-0.2, -0.15) is 10.2 Å². The number of hydrogen-bond donors (Lipinski definition) is 2. The Balaban J connectivity index is 1.67. The molecule has 0 saturated heterocycles. The first-order valence-electron chi connectivity index (χ1n) is 8.03. The molecule has 0 aliphatic carbocycles. The normalized spacial score (nSPS) is 10.9. The first kappa shape index (κ1) is 18.7. The highest BCUT2D eigenvalue weighted by Gasteiger charge is 2.08. The molecule has 27 heavy (non-hydrogen) atoms. The summed E-state index contributed by atoms with van der Waals surface area (Å²) in [6, 6.07) is 12.4. The lowest BCUT2D eigenvalue weighted by atomic mass is 10.1. The van der Waals surface area contributed by atoms with Gasteiger partial charge in [-0.05, 0) is 57.4 Å². The number of hydrazone groups is 1. The molecular weight excluding hydrogens is 412 g/mol. The van der Waals surface area contributed by atoms with E-state index in [1.807, 2.05) is 24.4 Å². The molecular formula is C19H17BrN4O3. The number of benzene rings is 2. The Morgan fingerprint density at radius 1 is 1.37 bits per heavy atom. The van der Waals surface area contributed by atoms with Gasteiger partial charge in [0, 0.05) is 18.0 Å². The topological polar surface area (TPSA) is 88.7 Å². The van der Waals surface area contributed by atoms with Crippen molar-refractivity contribution in [2.24, 2.45) is 5.10 Å². The summed E-state index contributed by atoms with van der Waals surface area (Å²) >= 11 is 3.24. The SMILES string of the molecule is COc1cc(C=NNC(=O)c2cccc(Cn3cccn3)c2)cc(Br)c1O. The number of nitrogens with one attached hydrogen (secondary N) is 1. The summed E-state index contributed by atoms with van der Waals surface area (Å²) < 4.78 is 7.34. The van der Waals surface area contributed by atoms with E-state index in [1.54, 1.807) is 35.1 Å². The van der Waals surface area contributed by atoms with Gasteiger partial charge in [0.05, 0.1) is 24.3 Å². The summed E-state index contributed by atoms with van der Waals surface area (Å²) in [5, 5.41) is 17.9. The number of amides is 1. The van der Waals surface area contributed by atoms with Crippen LogP contribution in [0.2, 0.25) is 0 Å². The van der Waals surface area contributed by atoms with Crippen molar-refractivity contribution in [1.82, 2.24) is 15.2 Å². The fourth-order valence-corrected chi connectivity index (χ4v) is 2.91. The molecule has 3 rings (SSSR count). The maximum Gasteiger partial charge on any atom is 0.271 e. The minimum atomic E-state index is -0.321. The van der Waals surface area contributed by atoms with Crippen molar-refractivity contribution in [3.8, 4) is 11.5 Å². The smallest absolute Gasteiger partial charge is 0.271 e. The van der Waals surface area contributed by atoms with Gasteiger partial charge in [-0.25, -0.2) is 5.43 Å². The van der Waals surface area contributed by atoms with Crippen LogP contribution in [0.3, 0.4) is 0 Å². The summed E-state index contributed by atoms with van der Waals surface area (Å²) in [6.07, 6.45) is 5.04. The zero-order valence-corrected chi connectivity index (χ0v) is 16.0. The zero-order chi connectivity index (χ0) is 19.2. The van der Waals surface area contributed by atoms with E-state index in [9.17, 15) is 9.90 Å². The third-order valence-corrected chi connectivity index (χ3v) is 4.35. The minimum Gasteiger partial charge on any atom is -0.503 e. The van der Waals surface area contributed by atoms with Crippen LogP contribution >= 0.6 is 15.9 Å². The second kappa shape index (κ2) is 8.50. The molecule has 1 heterocycles. The molecule has 0 spiro atoms. The fraction of sp³-hybridized carbons (Fsp3) is 0.105. The number of hydrogen-bond acceptors (Lipinski definition) is 5. The van der Waals surface area contributed by atoms with Gasteiger partial charge in [0.1, 0.15) is 0 Å². The van der Waals surface area contributed by atoms with E-state index in [1.165, 1.54) is 13.3 Å². The van der Waals surface area contributed by atoms with Crippen LogP contribution in [0.4, 0.5) is 0 Å². The van der Waals surface area contributed by atoms with Gasteiger partial charge in [0.15, 0.2) is 11.5 Å². The van der Waals surface area contributed by atoms with Crippen LogP contribution in [-0.2, 0) is 6.54 Å². The molecule has 0 aliphatic heterocycles. The molecule has 0 fully saturated rings. The molecule has 0 radical (unpaired) electrons. The van der Waals surface area contributed by atoms with Crippen molar-refractivity contribution >= 4 is 28.1 Å². The Labute approximate surface area is 164 Å². The van der Waals surface area contributed by atoms with E-state index in [2.05, 4.69) is 31.6 Å². The van der Waals surface area contributed by atoms with Crippen LogP contribution in [0.25, 0.3) is 0 Å².